The molecule has 1 aliphatic rings. The quantitative estimate of drug-likeness (QED) is 0.255. The van der Waals surface area contributed by atoms with Gasteiger partial charge in [-0.2, -0.15) is 0 Å². The summed E-state index contributed by atoms with van der Waals surface area (Å²) in [6, 6.07) is 11.0. The first-order chi connectivity index (χ1) is 15.4. The van der Waals surface area contributed by atoms with Gasteiger partial charge < -0.3 is 48.7 Å². The fourth-order valence-corrected chi connectivity index (χ4v) is 3.71. The molecule has 9 heteroatoms. The van der Waals surface area contributed by atoms with Gasteiger partial charge in [0.1, 0.15) is 0 Å². The molecule has 0 saturated carbocycles. The molecule has 6 nitrogen and oxygen atoms in total. The molecule has 2 aromatic rings. The molecule has 33 heavy (non-hydrogen) atoms. The normalized spacial score (nSPS) is 15.8. The van der Waals surface area contributed by atoms with Crippen LogP contribution in [0.4, 0.5) is 0 Å². The minimum atomic E-state index is -0.0583. The number of ether oxygens (including phenoxy) is 4. The van der Waals surface area contributed by atoms with Gasteiger partial charge in [0.15, 0.2) is 28.8 Å². The number of hydrogen-bond donors (Lipinski definition) is 0. The number of benzene rings is 2. The van der Waals surface area contributed by atoms with E-state index in [4.69, 9.17) is 43.8 Å². The minimum absolute atomic E-state index is 0. The number of piperidine rings is 1. The van der Waals surface area contributed by atoms with Crippen molar-refractivity contribution in [3.05, 3.63) is 58.7 Å². The summed E-state index contributed by atoms with van der Waals surface area (Å²) in [5.41, 5.74) is 2.80. The summed E-state index contributed by atoms with van der Waals surface area (Å²) in [5, 5.41) is 0. The third kappa shape index (κ3) is 6.49. The van der Waals surface area contributed by atoms with E-state index in [-0.39, 0.29) is 35.3 Å². The van der Waals surface area contributed by atoms with E-state index in [1.54, 1.807) is 40.6 Å². The average molecular weight is 494 g/mol. The molecule has 0 amide bonds. The Labute approximate surface area is 227 Å². The van der Waals surface area contributed by atoms with Crippen LogP contribution in [0.15, 0.2) is 47.5 Å². The molecule has 1 saturated heterocycles. The van der Waals surface area contributed by atoms with Crippen molar-refractivity contribution in [2.24, 2.45) is 0 Å². The largest absolute Gasteiger partial charge is 1.00 e. The molecule has 0 atom stereocenters. The second-order valence-electron chi connectivity index (χ2n) is 7.02. The van der Waals surface area contributed by atoms with Crippen LogP contribution in [0.1, 0.15) is 11.1 Å². The topological polar surface area (TPSA) is 57.2 Å². The van der Waals surface area contributed by atoms with E-state index in [2.05, 4.69) is 0 Å². The Kier molecular flexibility index (Phi) is 10.2. The van der Waals surface area contributed by atoms with Crippen LogP contribution in [0, 0.1) is 0 Å². The molecule has 0 spiro atoms. The molecule has 0 N–H and O–H groups in total. The molecule has 1 aliphatic heterocycles. The van der Waals surface area contributed by atoms with Gasteiger partial charge in [-0.05, 0) is 47.5 Å². The van der Waals surface area contributed by atoms with Crippen molar-refractivity contribution in [2.45, 2.75) is 0 Å². The van der Waals surface area contributed by atoms with Crippen LogP contribution in [0.3, 0.4) is 0 Å². The molecular weight excluding hydrogens is 469 g/mol. The van der Waals surface area contributed by atoms with E-state index in [9.17, 15) is 4.79 Å². The molecule has 1 fully saturated rings. The summed E-state index contributed by atoms with van der Waals surface area (Å²) in [6.07, 6.45) is 3.65. The standard InChI is InChI=1S/C24H25NO5S2.Na/c1-27-19-7-5-15(11-21(19)29-3)9-17-13-25(24(31)32)14-18(23(17)26)10-16-6-8-20(28-2)22(12-16)30-4;/h5-12H,13-14H2,1-4H3,(H,31,32);/q;+1/p-1/b17-9+,18-10+;. The van der Waals surface area contributed by atoms with Gasteiger partial charge in [0, 0.05) is 24.2 Å². The Balaban J connectivity index is 0.00000385. The predicted molar refractivity (Wildman–Crippen MR) is 132 cm³/mol. The number of thiocarbonyl (C=S) groups is 1. The van der Waals surface area contributed by atoms with Crippen LogP contribution >= 0.6 is 12.2 Å². The zero-order valence-electron chi connectivity index (χ0n) is 19.3. The Morgan fingerprint density at radius 1 is 0.818 bits per heavy atom. The van der Waals surface area contributed by atoms with E-state index in [1.165, 1.54) is 0 Å². The van der Waals surface area contributed by atoms with Gasteiger partial charge >= 0.3 is 29.6 Å². The first kappa shape index (κ1) is 27.1. The van der Waals surface area contributed by atoms with Crippen LogP contribution in [-0.2, 0) is 17.4 Å². The summed E-state index contributed by atoms with van der Waals surface area (Å²) >= 11 is 10.5. The number of carbonyl (C=O) groups excluding carboxylic acids is 1. The van der Waals surface area contributed by atoms with Crippen molar-refractivity contribution < 1.29 is 53.3 Å². The molecule has 0 radical (unpaired) electrons. The molecule has 3 rings (SSSR count). The van der Waals surface area contributed by atoms with Gasteiger partial charge in [0.2, 0.25) is 0 Å². The Morgan fingerprint density at radius 2 is 1.21 bits per heavy atom. The summed E-state index contributed by atoms with van der Waals surface area (Å²) in [6.45, 7) is 0.692. The zero-order chi connectivity index (χ0) is 23.3. The maximum atomic E-state index is 13.3. The number of ketones is 1. The van der Waals surface area contributed by atoms with Crippen molar-refractivity contribution in [1.29, 1.82) is 0 Å². The zero-order valence-corrected chi connectivity index (χ0v) is 23.0. The van der Waals surface area contributed by atoms with Crippen molar-refractivity contribution in [3.63, 3.8) is 0 Å². The fourth-order valence-electron chi connectivity index (χ4n) is 3.46. The van der Waals surface area contributed by atoms with Gasteiger partial charge in [-0.15, -0.1) is 0 Å². The molecule has 0 aliphatic carbocycles. The summed E-state index contributed by atoms with van der Waals surface area (Å²) in [5.74, 6) is 2.35. The first-order valence-corrected chi connectivity index (χ1v) is 10.6. The van der Waals surface area contributed by atoms with E-state index in [0.717, 1.165) is 11.1 Å². The number of likely N-dealkylation sites (tertiary alicyclic amines) is 1. The number of methoxy groups -OCH3 is 4. The molecule has 2 aromatic carbocycles. The van der Waals surface area contributed by atoms with Crippen LogP contribution < -0.4 is 48.5 Å². The smallest absolute Gasteiger partial charge is 0.493 e. The predicted octanol–water partition coefficient (Wildman–Crippen LogP) is 0.908. The Hall–Kier alpha value is -2.10. The van der Waals surface area contributed by atoms with E-state index in [0.29, 0.717) is 51.6 Å². The average Bonchev–Trinajstić information content (AvgIpc) is 2.81. The fraction of sp³-hybridized carbons (Fsp3) is 0.250. The minimum Gasteiger partial charge on any atom is -0.493 e. The summed E-state index contributed by atoms with van der Waals surface area (Å²) in [7, 11) is 6.30. The SMILES string of the molecule is COc1ccc(/C=C2\CN(C(=S)[S-])C/C(=C\c3ccc(OC)c(OC)c3)C2=O)cc1OC.[Na+]. The van der Waals surface area contributed by atoms with Crippen molar-refractivity contribution >= 4 is 47.1 Å². The Bertz CT molecular complexity index is 1020. The molecular formula is C24H24NNaO5S2. The summed E-state index contributed by atoms with van der Waals surface area (Å²) < 4.78 is 21.6. The van der Waals surface area contributed by atoms with Gasteiger partial charge in [0.25, 0.3) is 0 Å². The van der Waals surface area contributed by atoms with Gasteiger partial charge in [0.05, 0.1) is 28.4 Å². The van der Waals surface area contributed by atoms with E-state index < -0.39 is 0 Å². The maximum absolute atomic E-state index is 13.3. The second-order valence-corrected chi connectivity index (χ2v) is 8.05. The van der Waals surface area contributed by atoms with Crippen LogP contribution in [0.5, 0.6) is 23.0 Å². The third-order valence-electron chi connectivity index (χ3n) is 5.06. The van der Waals surface area contributed by atoms with Crippen LogP contribution in [-0.4, -0.2) is 56.5 Å². The van der Waals surface area contributed by atoms with Crippen molar-refractivity contribution in [1.82, 2.24) is 4.90 Å². The number of nitrogens with zero attached hydrogens (tertiary/aromatic N) is 1. The number of hydrogen-bond acceptors (Lipinski definition) is 7. The van der Waals surface area contributed by atoms with Gasteiger partial charge in [-0.3, -0.25) is 4.79 Å². The maximum Gasteiger partial charge on any atom is 1.00 e. The molecule has 0 bridgehead atoms. The van der Waals surface area contributed by atoms with E-state index in [1.807, 2.05) is 41.3 Å². The van der Waals surface area contributed by atoms with Crippen LogP contribution in [0.25, 0.3) is 12.2 Å². The number of Topliss-reactive ketones (excluding diaryl/α,β-unsaturated/α-hetero) is 1. The molecule has 1 heterocycles. The van der Waals surface area contributed by atoms with Gasteiger partial charge in [-0.25, -0.2) is 0 Å². The van der Waals surface area contributed by atoms with Gasteiger partial charge in [-0.1, -0.05) is 16.5 Å². The molecule has 0 unspecified atom stereocenters. The number of carbonyl (C=O) groups is 1. The first-order valence-electron chi connectivity index (χ1n) is 9.76. The van der Waals surface area contributed by atoms with Crippen molar-refractivity contribution in [3.8, 4) is 23.0 Å². The van der Waals surface area contributed by atoms with Crippen molar-refractivity contribution in [2.75, 3.05) is 41.5 Å². The molecule has 0 aromatic heterocycles. The third-order valence-corrected chi connectivity index (χ3v) is 5.58. The Morgan fingerprint density at radius 3 is 1.55 bits per heavy atom. The van der Waals surface area contributed by atoms with E-state index >= 15 is 0 Å². The monoisotopic (exact) mass is 493 g/mol. The second kappa shape index (κ2) is 12.4. The van der Waals surface area contributed by atoms with Crippen LogP contribution in [0.2, 0.25) is 0 Å². The number of rotatable bonds is 6. The molecule has 168 valence electrons. The summed E-state index contributed by atoms with van der Waals surface area (Å²) in [4.78, 5) is 15.1.